The van der Waals surface area contributed by atoms with Gasteiger partial charge in [-0.25, -0.2) is 0 Å². The van der Waals surface area contributed by atoms with Crippen molar-refractivity contribution in [3.8, 4) is 0 Å². The molecule has 0 spiro atoms. The summed E-state index contributed by atoms with van der Waals surface area (Å²) >= 11 is 0. The van der Waals surface area contributed by atoms with Gasteiger partial charge in [0, 0.05) is 27.2 Å². The summed E-state index contributed by atoms with van der Waals surface area (Å²) in [4.78, 5) is 3.99. The van der Waals surface area contributed by atoms with E-state index in [4.69, 9.17) is 4.74 Å². The van der Waals surface area contributed by atoms with Gasteiger partial charge in [-0.05, 0) is 12.3 Å². The van der Waals surface area contributed by atoms with E-state index in [9.17, 15) is 0 Å². The number of hydrogen-bond donors (Lipinski definition) is 2. The molecule has 92 valence electrons. The number of aliphatic imine (C=N–C) groups is 1. The first-order valence-electron chi connectivity index (χ1n) is 5.16. The zero-order chi connectivity index (χ0) is 10.8. The first-order valence-corrected chi connectivity index (χ1v) is 5.16. The van der Waals surface area contributed by atoms with Gasteiger partial charge in [0.2, 0.25) is 0 Å². The number of guanidine groups is 1. The van der Waals surface area contributed by atoms with Gasteiger partial charge in [0.1, 0.15) is 0 Å². The van der Waals surface area contributed by atoms with Gasteiger partial charge in [0.05, 0.1) is 6.61 Å². The predicted molar refractivity (Wildman–Crippen MR) is 76.1 cm³/mol. The number of ether oxygens (including phenoxy) is 1. The molecular weight excluding hydrogens is 305 g/mol. The molecule has 0 aromatic heterocycles. The monoisotopic (exact) mass is 329 g/mol. The topological polar surface area (TPSA) is 45.7 Å². The molecule has 0 aliphatic heterocycles. The van der Waals surface area contributed by atoms with Crippen molar-refractivity contribution in [1.29, 1.82) is 0 Å². The second kappa shape index (κ2) is 12.0. The van der Waals surface area contributed by atoms with Crippen molar-refractivity contribution in [1.82, 2.24) is 10.6 Å². The zero-order valence-electron chi connectivity index (χ0n) is 10.2. The Labute approximate surface area is 110 Å². The van der Waals surface area contributed by atoms with Crippen molar-refractivity contribution in [2.24, 2.45) is 10.9 Å². The Morgan fingerprint density at radius 1 is 1.33 bits per heavy atom. The fourth-order valence-electron chi connectivity index (χ4n) is 0.942. The Bertz CT molecular complexity index is 163. The zero-order valence-corrected chi connectivity index (χ0v) is 12.5. The van der Waals surface area contributed by atoms with E-state index in [0.29, 0.717) is 5.92 Å². The van der Waals surface area contributed by atoms with Crippen LogP contribution in [0.2, 0.25) is 0 Å². The molecule has 5 heteroatoms. The lowest BCUT2D eigenvalue weighted by molar-refractivity contribution is 0.128. The smallest absolute Gasteiger partial charge is 0.190 e. The van der Waals surface area contributed by atoms with Crippen molar-refractivity contribution in [2.45, 2.75) is 20.3 Å². The van der Waals surface area contributed by atoms with Gasteiger partial charge in [-0.1, -0.05) is 13.8 Å². The Hall–Kier alpha value is -0.0400. The van der Waals surface area contributed by atoms with Crippen LogP contribution in [0, 0.1) is 5.92 Å². The Kier molecular flexibility index (Phi) is 13.9. The molecule has 0 rings (SSSR count). The fraction of sp³-hybridized carbons (Fsp3) is 0.900. The minimum atomic E-state index is 0. The number of hydrogen-bond acceptors (Lipinski definition) is 2. The lowest BCUT2D eigenvalue weighted by atomic mass is 10.1. The van der Waals surface area contributed by atoms with Gasteiger partial charge in [-0.2, -0.15) is 0 Å². The average molecular weight is 329 g/mol. The molecule has 0 unspecified atom stereocenters. The maximum absolute atomic E-state index is 5.44. The molecular formula is C10H24IN3O. The van der Waals surface area contributed by atoms with Crippen LogP contribution in [0.25, 0.3) is 0 Å². The first-order chi connectivity index (χ1) is 6.70. The van der Waals surface area contributed by atoms with Crippen LogP contribution in [-0.4, -0.2) is 39.8 Å². The molecule has 2 N–H and O–H groups in total. The van der Waals surface area contributed by atoms with Crippen LogP contribution in [0.15, 0.2) is 4.99 Å². The lowest BCUT2D eigenvalue weighted by Crippen LogP contribution is -2.36. The summed E-state index contributed by atoms with van der Waals surface area (Å²) in [6.45, 7) is 6.77. The highest BCUT2D eigenvalue weighted by molar-refractivity contribution is 14.0. The summed E-state index contributed by atoms with van der Waals surface area (Å²) < 4.78 is 5.44. The first kappa shape index (κ1) is 17.4. The molecule has 0 saturated heterocycles. The molecule has 0 amide bonds. The summed E-state index contributed by atoms with van der Waals surface area (Å²) in [6.07, 6.45) is 1.13. The van der Waals surface area contributed by atoms with E-state index in [1.54, 1.807) is 7.05 Å². The average Bonchev–Trinajstić information content (AvgIpc) is 2.16. The second-order valence-corrected chi connectivity index (χ2v) is 3.54. The van der Waals surface area contributed by atoms with Crippen molar-refractivity contribution >= 4 is 29.9 Å². The second-order valence-electron chi connectivity index (χ2n) is 3.54. The highest BCUT2D eigenvalue weighted by atomic mass is 127. The quantitative estimate of drug-likeness (QED) is 0.336. The summed E-state index contributed by atoms with van der Waals surface area (Å²) in [5, 5.41) is 6.07. The van der Waals surface area contributed by atoms with Crippen LogP contribution in [-0.2, 0) is 4.74 Å². The molecule has 0 radical (unpaired) electrons. The van der Waals surface area contributed by atoms with E-state index in [-0.39, 0.29) is 24.0 Å². The SMILES string of the molecule is CN=C(NC)NCCOCCC(C)C.I. The fourth-order valence-corrected chi connectivity index (χ4v) is 0.942. The van der Waals surface area contributed by atoms with E-state index < -0.39 is 0 Å². The minimum absolute atomic E-state index is 0. The minimum Gasteiger partial charge on any atom is -0.380 e. The number of nitrogens with one attached hydrogen (secondary N) is 2. The van der Waals surface area contributed by atoms with Gasteiger partial charge in [-0.15, -0.1) is 24.0 Å². The Morgan fingerprint density at radius 3 is 2.47 bits per heavy atom. The Balaban J connectivity index is 0. The van der Waals surface area contributed by atoms with Crippen LogP contribution >= 0.6 is 24.0 Å². The molecule has 0 aliphatic carbocycles. The number of nitrogens with zero attached hydrogens (tertiary/aromatic N) is 1. The maximum atomic E-state index is 5.44. The van der Waals surface area contributed by atoms with Crippen LogP contribution < -0.4 is 10.6 Å². The van der Waals surface area contributed by atoms with Gasteiger partial charge in [0.25, 0.3) is 0 Å². The van der Waals surface area contributed by atoms with Crippen molar-refractivity contribution in [2.75, 3.05) is 33.9 Å². The summed E-state index contributed by atoms with van der Waals surface area (Å²) in [5.74, 6) is 1.52. The van der Waals surface area contributed by atoms with E-state index in [1.807, 2.05) is 7.05 Å². The van der Waals surface area contributed by atoms with Crippen molar-refractivity contribution in [3.63, 3.8) is 0 Å². The summed E-state index contributed by atoms with van der Waals surface area (Å²) in [5.41, 5.74) is 0. The van der Waals surface area contributed by atoms with Crippen LogP contribution in [0.3, 0.4) is 0 Å². The van der Waals surface area contributed by atoms with Gasteiger partial charge in [-0.3, -0.25) is 4.99 Å². The lowest BCUT2D eigenvalue weighted by Gasteiger charge is -2.09. The third kappa shape index (κ3) is 11.9. The number of halogens is 1. The molecule has 4 nitrogen and oxygen atoms in total. The van der Waals surface area contributed by atoms with Crippen LogP contribution in [0.1, 0.15) is 20.3 Å². The molecule has 0 fully saturated rings. The molecule has 0 aromatic rings. The van der Waals surface area contributed by atoms with Gasteiger partial charge < -0.3 is 15.4 Å². The van der Waals surface area contributed by atoms with E-state index in [1.165, 1.54) is 0 Å². The third-order valence-corrected chi connectivity index (χ3v) is 1.84. The van der Waals surface area contributed by atoms with Crippen molar-refractivity contribution in [3.05, 3.63) is 0 Å². The van der Waals surface area contributed by atoms with Crippen molar-refractivity contribution < 1.29 is 4.74 Å². The van der Waals surface area contributed by atoms with Gasteiger partial charge in [0.15, 0.2) is 5.96 Å². The third-order valence-electron chi connectivity index (χ3n) is 1.84. The maximum Gasteiger partial charge on any atom is 0.190 e. The predicted octanol–water partition coefficient (Wildman–Crippen LogP) is 1.46. The van der Waals surface area contributed by atoms with Crippen LogP contribution in [0.4, 0.5) is 0 Å². The molecule has 0 heterocycles. The van der Waals surface area contributed by atoms with E-state index in [2.05, 4.69) is 29.5 Å². The molecule has 0 aromatic carbocycles. The van der Waals surface area contributed by atoms with E-state index in [0.717, 1.165) is 32.1 Å². The molecule has 0 aliphatic rings. The Morgan fingerprint density at radius 2 is 2.00 bits per heavy atom. The van der Waals surface area contributed by atoms with Gasteiger partial charge >= 0.3 is 0 Å². The molecule has 0 bridgehead atoms. The summed E-state index contributed by atoms with van der Waals surface area (Å²) in [6, 6.07) is 0. The normalized spacial score (nSPS) is 11.1. The number of rotatable bonds is 6. The van der Waals surface area contributed by atoms with E-state index >= 15 is 0 Å². The largest absolute Gasteiger partial charge is 0.380 e. The molecule has 15 heavy (non-hydrogen) atoms. The standard InChI is InChI=1S/C10H23N3O.HI/c1-9(2)5-7-14-8-6-13-10(11-3)12-4;/h9H,5-8H2,1-4H3,(H2,11,12,13);1H. The molecule has 0 saturated carbocycles. The van der Waals surface area contributed by atoms with Crippen LogP contribution in [0.5, 0.6) is 0 Å². The highest BCUT2D eigenvalue weighted by Gasteiger charge is 1.94. The summed E-state index contributed by atoms with van der Waals surface area (Å²) in [7, 11) is 3.59. The highest BCUT2D eigenvalue weighted by Crippen LogP contribution is 1.97. The molecule has 0 atom stereocenters.